The topological polar surface area (TPSA) is 68.1 Å². The summed E-state index contributed by atoms with van der Waals surface area (Å²) in [6, 6.07) is 15.3. The van der Waals surface area contributed by atoms with Crippen molar-refractivity contribution in [1.29, 1.82) is 0 Å². The molecule has 3 heterocycles. The van der Waals surface area contributed by atoms with Crippen LogP contribution in [0.3, 0.4) is 0 Å². The molecule has 158 valence electrons. The maximum absolute atomic E-state index is 13.7. The number of nitrogens with zero attached hydrogens (tertiary/aromatic N) is 4. The minimum atomic E-state index is -0.148. The zero-order valence-electron chi connectivity index (χ0n) is 17.6. The highest BCUT2D eigenvalue weighted by molar-refractivity contribution is 7.18. The Morgan fingerprint density at radius 1 is 1.13 bits per heavy atom. The highest BCUT2D eigenvalue weighted by atomic mass is 32.1. The lowest BCUT2D eigenvalue weighted by atomic mass is 10.1. The average Bonchev–Trinajstić information content (AvgIpc) is 3.41. The van der Waals surface area contributed by atoms with Crippen LogP contribution < -0.4 is 5.56 Å². The van der Waals surface area contributed by atoms with Crippen LogP contribution in [0, 0.1) is 5.92 Å². The van der Waals surface area contributed by atoms with Gasteiger partial charge in [0.1, 0.15) is 5.01 Å². The van der Waals surface area contributed by atoms with Crippen LogP contribution in [0.5, 0.6) is 0 Å². The minimum Gasteiger partial charge on any atom is -0.328 e. The fourth-order valence-corrected chi connectivity index (χ4v) is 5.41. The van der Waals surface area contributed by atoms with Crippen LogP contribution in [0.25, 0.3) is 21.0 Å². The van der Waals surface area contributed by atoms with Crippen LogP contribution in [0.4, 0.5) is 0 Å². The fraction of sp³-hybridized carbons (Fsp3) is 0.333. The van der Waals surface area contributed by atoms with Gasteiger partial charge in [0.15, 0.2) is 5.69 Å². The molecule has 0 spiro atoms. The summed E-state index contributed by atoms with van der Waals surface area (Å²) < 4.78 is 2.58. The zero-order chi connectivity index (χ0) is 21.5. The number of para-hydroxylation sites is 1. The summed E-state index contributed by atoms with van der Waals surface area (Å²) in [6.45, 7) is 5.22. The second-order valence-electron chi connectivity index (χ2n) is 8.45. The zero-order valence-corrected chi connectivity index (χ0v) is 18.4. The molecule has 6 nitrogen and oxygen atoms in total. The number of aromatic nitrogens is 3. The molecular weight excluding hydrogens is 408 g/mol. The summed E-state index contributed by atoms with van der Waals surface area (Å²) >= 11 is 1.65. The molecule has 0 saturated carbocycles. The van der Waals surface area contributed by atoms with Gasteiger partial charge in [-0.2, -0.15) is 5.10 Å². The van der Waals surface area contributed by atoms with E-state index >= 15 is 0 Å². The minimum absolute atomic E-state index is 0.0593. The molecular formula is C24H24N4O2S. The predicted molar refractivity (Wildman–Crippen MR) is 123 cm³/mol. The molecule has 0 aliphatic carbocycles. The number of thiazole rings is 1. The van der Waals surface area contributed by atoms with Crippen molar-refractivity contribution in [2.24, 2.45) is 5.92 Å². The van der Waals surface area contributed by atoms with E-state index in [2.05, 4.69) is 11.2 Å². The van der Waals surface area contributed by atoms with Crippen LogP contribution in [-0.2, 0) is 6.54 Å². The van der Waals surface area contributed by atoms with Crippen molar-refractivity contribution in [3.8, 4) is 0 Å². The predicted octanol–water partition coefficient (Wildman–Crippen LogP) is 4.64. The van der Waals surface area contributed by atoms with E-state index in [1.165, 1.54) is 4.68 Å². The summed E-state index contributed by atoms with van der Waals surface area (Å²) in [5, 5.41) is 6.67. The molecule has 1 saturated heterocycles. The summed E-state index contributed by atoms with van der Waals surface area (Å²) in [7, 11) is 0. The Morgan fingerprint density at radius 3 is 2.65 bits per heavy atom. The smallest absolute Gasteiger partial charge is 0.275 e. The molecule has 7 heteroatoms. The molecule has 0 bridgehead atoms. The van der Waals surface area contributed by atoms with Crippen LogP contribution in [-0.4, -0.2) is 32.1 Å². The van der Waals surface area contributed by atoms with Gasteiger partial charge >= 0.3 is 0 Å². The Hall–Kier alpha value is -3.06. The number of likely N-dealkylation sites (tertiary alicyclic amines) is 1. The van der Waals surface area contributed by atoms with Gasteiger partial charge in [0.25, 0.3) is 11.5 Å². The van der Waals surface area contributed by atoms with Crippen LogP contribution in [0.1, 0.15) is 48.2 Å². The van der Waals surface area contributed by atoms with Crippen molar-refractivity contribution in [3.63, 3.8) is 0 Å². The summed E-state index contributed by atoms with van der Waals surface area (Å²) in [5.41, 5.74) is 1.17. The van der Waals surface area contributed by atoms with E-state index in [1.54, 1.807) is 17.4 Å². The number of carbonyl (C=O) groups excluding carboxylic acids is 1. The van der Waals surface area contributed by atoms with Gasteiger partial charge in [-0.05, 0) is 37.0 Å². The number of benzene rings is 2. The van der Waals surface area contributed by atoms with E-state index in [9.17, 15) is 9.59 Å². The van der Waals surface area contributed by atoms with Crippen LogP contribution in [0.2, 0.25) is 0 Å². The maximum atomic E-state index is 13.7. The standard InChI is InChI=1S/C24H24N4O2S/c1-15(2)14-28-23(29)17-9-4-3-8-16(17)21(26-28)24(30)27-13-7-11-19(27)22-25-18-10-5-6-12-20(18)31-22/h3-6,8-10,12,15,19H,7,11,13-14H2,1-2H3/t19-/m1/s1. The third-order valence-electron chi connectivity index (χ3n) is 5.72. The van der Waals surface area contributed by atoms with Crippen molar-refractivity contribution >= 4 is 38.2 Å². The van der Waals surface area contributed by atoms with Gasteiger partial charge in [-0.15, -0.1) is 11.3 Å². The molecule has 0 N–H and O–H groups in total. The molecule has 4 aromatic rings. The second-order valence-corrected chi connectivity index (χ2v) is 9.51. The Kier molecular flexibility index (Phi) is 5.06. The number of hydrogen-bond donors (Lipinski definition) is 0. The van der Waals surface area contributed by atoms with Gasteiger partial charge in [0.2, 0.25) is 0 Å². The lowest BCUT2D eigenvalue weighted by molar-refractivity contribution is 0.0728. The van der Waals surface area contributed by atoms with Crippen molar-refractivity contribution in [2.45, 2.75) is 39.3 Å². The largest absolute Gasteiger partial charge is 0.328 e. The monoisotopic (exact) mass is 432 g/mol. The van der Waals surface area contributed by atoms with Gasteiger partial charge in [-0.1, -0.05) is 44.2 Å². The molecule has 1 aliphatic heterocycles. The summed E-state index contributed by atoms with van der Waals surface area (Å²) in [6.07, 6.45) is 1.81. The first-order valence-corrected chi connectivity index (χ1v) is 11.5. The van der Waals surface area contributed by atoms with E-state index in [-0.39, 0.29) is 23.4 Å². The molecule has 1 aliphatic rings. The van der Waals surface area contributed by atoms with Gasteiger partial charge in [-0.3, -0.25) is 9.59 Å². The molecule has 0 radical (unpaired) electrons. The molecule has 31 heavy (non-hydrogen) atoms. The summed E-state index contributed by atoms with van der Waals surface area (Å²) in [4.78, 5) is 33.3. The van der Waals surface area contributed by atoms with Crippen LogP contribution in [0.15, 0.2) is 53.3 Å². The van der Waals surface area contributed by atoms with E-state index < -0.39 is 0 Å². The number of hydrogen-bond acceptors (Lipinski definition) is 5. The lowest BCUT2D eigenvalue weighted by Gasteiger charge is -2.23. The highest BCUT2D eigenvalue weighted by Gasteiger charge is 2.34. The van der Waals surface area contributed by atoms with Crippen LogP contribution >= 0.6 is 11.3 Å². The third kappa shape index (κ3) is 3.53. The number of carbonyl (C=O) groups is 1. The van der Waals surface area contributed by atoms with Gasteiger partial charge in [0, 0.05) is 18.5 Å². The maximum Gasteiger partial charge on any atom is 0.275 e. The van der Waals surface area contributed by atoms with Crippen molar-refractivity contribution < 1.29 is 4.79 Å². The Balaban J connectivity index is 1.58. The number of fused-ring (bicyclic) bond motifs is 2. The van der Waals surface area contributed by atoms with E-state index in [4.69, 9.17) is 4.98 Å². The molecule has 1 amide bonds. The Morgan fingerprint density at radius 2 is 1.87 bits per heavy atom. The van der Waals surface area contributed by atoms with Gasteiger partial charge < -0.3 is 4.90 Å². The molecule has 2 aromatic heterocycles. The molecule has 0 unspecified atom stereocenters. The normalized spacial score (nSPS) is 16.6. The number of rotatable bonds is 4. The first-order valence-electron chi connectivity index (χ1n) is 10.7. The molecule has 1 atom stereocenters. The highest BCUT2D eigenvalue weighted by Crippen LogP contribution is 2.37. The fourth-order valence-electron chi connectivity index (χ4n) is 4.30. The Labute approximate surface area is 184 Å². The molecule has 1 fully saturated rings. The summed E-state index contributed by atoms with van der Waals surface area (Å²) in [5.74, 6) is 0.118. The van der Waals surface area contributed by atoms with Gasteiger partial charge in [0.05, 0.1) is 21.6 Å². The SMILES string of the molecule is CC(C)Cn1nc(C(=O)N2CCC[C@@H]2c2nc3ccccc3s2)c2ccccc2c1=O. The lowest BCUT2D eigenvalue weighted by Crippen LogP contribution is -2.34. The first kappa shape index (κ1) is 19.9. The van der Waals surface area contributed by atoms with Crippen molar-refractivity contribution in [1.82, 2.24) is 19.7 Å². The van der Waals surface area contributed by atoms with Gasteiger partial charge in [-0.25, -0.2) is 9.67 Å². The average molecular weight is 433 g/mol. The third-order valence-corrected chi connectivity index (χ3v) is 6.86. The molecule has 5 rings (SSSR count). The van der Waals surface area contributed by atoms with Crippen molar-refractivity contribution in [3.05, 3.63) is 69.6 Å². The quantitative estimate of drug-likeness (QED) is 0.471. The first-order chi connectivity index (χ1) is 15.0. The van der Waals surface area contributed by atoms with Crippen molar-refractivity contribution in [2.75, 3.05) is 6.54 Å². The second kappa shape index (κ2) is 7.89. The molecule has 2 aromatic carbocycles. The number of amides is 1. The van der Waals surface area contributed by atoms with E-state index in [0.29, 0.717) is 29.6 Å². The Bertz CT molecular complexity index is 1310. The van der Waals surface area contributed by atoms with E-state index in [0.717, 1.165) is 28.1 Å². The van der Waals surface area contributed by atoms with E-state index in [1.807, 2.05) is 55.1 Å².